The molecule has 2 nitrogen and oxygen atoms in total. The maximum Gasteiger partial charge on any atom is 0.168 e. The number of benzene rings is 1. The van der Waals surface area contributed by atoms with Crippen molar-refractivity contribution in [3.8, 4) is 5.75 Å². The topological polar surface area (TPSA) is 29.5 Å². The van der Waals surface area contributed by atoms with E-state index in [1.807, 2.05) is 0 Å². The molecule has 15 heavy (non-hydrogen) atoms. The molecule has 2 rings (SSSR count). The van der Waals surface area contributed by atoms with Crippen molar-refractivity contribution in [1.29, 1.82) is 0 Å². The van der Waals surface area contributed by atoms with Gasteiger partial charge in [0.2, 0.25) is 0 Å². The van der Waals surface area contributed by atoms with E-state index in [1.54, 1.807) is 18.2 Å². The minimum Gasteiger partial charge on any atom is -0.494 e. The first kappa shape index (κ1) is 10.4. The summed E-state index contributed by atoms with van der Waals surface area (Å²) in [6.07, 6.45) is 2.00. The Bertz CT molecular complexity index is 351. The van der Waals surface area contributed by atoms with Gasteiger partial charge in [0.1, 0.15) is 0 Å². The summed E-state index contributed by atoms with van der Waals surface area (Å²) < 4.78 is 18.8. The molecule has 0 saturated heterocycles. The van der Waals surface area contributed by atoms with Crippen molar-refractivity contribution in [1.82, 2.24) is 0 Å². The fourth-order valence-corrected chi connectivity index (χ4v) is 2.24. The SMILES string of the molecule is COc1cccc(C2CCC(O)C2)c1F. The van der Waals surface area contributed by atoms with Gasteiger partial charge in [-0.05, 0) is 36.8 Å². The van der Waals surface area contributed by atoms with E-state index in [1.165, 1.54) is 7.11 Å². The average Bonchev–Trinajstić information content (AvgIpc) is 2.65. The van der Waals surface area contributed by atoms with Crippen molar-refractivity contribution in [3.63, 3.8) is 0 Å². The van der Waals surface area contributed by atoms with Gasteiger partial charge in [0.05, 0.1) is 13.2 Å². The third-order valence-corrected chi connectivity index (χ3v) is 3.06. The Labute approximate surface area is 88.7 Å². The largest absolute Gasteiger partial charge is 0.494 e. The zero-order valence-corrected chi connectivity index (χ0v) is 8.74. The summed E-state index contributed by atoms with van der Waals surface area (Å²) in [5.74, 6) is 0.142. The average molecular weight is 210 g/mol. The molecular formula is C12H15FO2. The molecule has 0 aliphatic heterocycles. The fourth-order valence-electron chi connectivity index (χ4n) is 2.24. The third-order valence-electron chi connectivity index (χ3n) is 3.06. The maximum atomic E-state index is 13.8. The van der Waals surface area contributed by atoms with Gasteiger partial charge in [0, 0.05) is 0 Å². The molecule has 1 N–H and O–H groups in total. The van der Waals surface area contributed by atoms with Gasteiger partial charge in [0.25, 0.3) is 0 Å². The highest BCUT2D eigenvalue weighted by atomic mass is 19.1. The highest BCUT2D eigenvalue weighted by molar-refractivity contribution is 5.33. The predicted molar refractivity (Wildman–Crippen MR) is 55.6 cm³/mol. The Morgan fingerprint density at radius 1 is 1.40 bits per heavy atom. The molecule has 2 unspecified atom stereocenters. The number of aliphatic hydroxyl groups excluding tert-OH is 1. The van der Waals surface area contributed by atoms with E-state index in [2.05, 4.69) is 0 Å². The summed E-state index contributed by atoms with van der Waals surface area (Å²) in [4.78, 5) is 0. The molecule has 1 aliphatic rings. The van der Waals surface area contributed by atoms with Crippen molar-refractivity contribution < 1.29 is 14.2 Å². The molecule has 1 aromatic rings. The Morgan fingerprint density at radius 3 is 2.80 bits per heavy atom. The molecule has 0 radical (unpaired) electrons. The highest BCUT2D eigenvalue weighted by Gasteiger charge is 2.27. The number of hydrogen-bond acceptors (Lipinski definition) is 2. The van der Waals surface area contributed by atoms with Crippen molar-refractivity contribution in [3.05, 3.63) is 29.6 Å². The lowest BCUT2D eigenvalue weighted by molar-refractivity contribution is 0.181. The van der Waals surface area contributed by atoms with Gasteiger partial charge in [0.15, 0.2) is 11.6 Å². The van der Waals surface area contributed by atoms with Crippen molar-refractivity contribution in [2.45, 2.75) is 31.3 Å². The second kappa shape index (κ2) is 4.19. The zero-order chi connectivity index (χ0) is 10.8. The maximum absolute atomic E-state index is 13.8. The second-order valence-corrected chi connectivity index (χ2v) is 4.03. The van der Waals surface area contributed by atoms with Crippen LogP contribution in [-0.4, -0.2) is 18.3 Å². The van der Waals surface area contributed by atoms with E-state index in [-0.39, 0.29) is 23.6 Å². The minimum atomic E-state index is -0.279. The number of halogens is 1. The molecule has 2 atom stereocenters. The first-order valence-corrected chi connectivity index (χ1v) is 5.23. The Kier molecular flexibility index (Phi) is 2.91. The van der Waals surface area contributed by atoms with Crippen LogP contribution in [0, 0.1) is 5.82 Å². The van der Waals surface area contributed by atoms with Gasteiger partial charge in [-0.15, -0.1) is 0 Å². The number of aliphatic hydroxyl groups is 1. The predicted octanol–water partition coefficient (Wildman–Crippen LogP) is 2.46. The van der Waals surface area contributed by atoms with Crippen LogP contribution in [0.1, 0.15) is 30.7 Å². The van der Waals surface area contributed by atoms with Gasteiger partial charge in [-0.2, -0.15) is 0 Å². The lowest BCUT2D eigenvalue weighted by Crippen LogP contribution is -2.02. The standard InChI is InChI=1S/C12H15FO2/c1-15-11-4-2-3-10(12(11)13)8-5-6-9(14)7-8/h2-4,8-9,14H,5-7H2,1H3. The van der Waals surface area contributed by atoms with Gasteiger partial charge in [-0.25, -0.2) is 4.39 Å². The van der Waals surface area contributed by atoms with Crippen LogP contribution >= 0.6 is 0 Å². The van der Waals surface area contributed by atoms with Crippen LogP contribution in [-0.2, 0) is 0 Å². The third kappa shape index (κ3) is 1.97. The molecule has 0 bridgehead atoms. The Hall–Kier alpha value is -1.09. The number of ether oxygens (including phenoxy) is 1. The molecule has 1 aromatic carbocycles. The summed E-state index contributed by atoms with van der Waals surface area (Å²) in [6.45, 7) is 0. The minimum absolute atomic E-state index is 0.134. The van der Waals surface area contributed by atoms with E-state index >= 15 is 0 Å². The summed E-state index contributed by atoms with van der Waals surface area (Å²) in [5, 5.41) is 9.42. The van der Waals surface area contributed by atoms with E-state index in [0.717, 1.165) is 12.8 Å². The quantitative estimate of drug-likeness (QED) is 0.812. The summed E-state index contributed by atoms with van der Waals surface area (Å²) in [7, 11) is 1.46. The monoisotopic (exact) mass is 210 g/mol. The molecule has 3 heteroatoms. The van der Waals surface area contributed by atoms with Crippen LogP contribution in [0.5, 0.6) is 5.75 Å². The second-order valence-electron chi connectivity index (χ2n) is 4.03. The molecule has 1 fully saturated rings. The number of rotatable bonds is 2. The number of methoxy groups -OCH3 is 1. The van der Waals surface area contributed by atoms with Crippen LogP contribution in [0.25, 0.3) is 0 Å². The number of hydrogen-bond donors (Lipinski definition) is 1. The van der Waals surface area contributed by atoms with E-state index in [0.29, 0.717) is 12.0 Å². The lowest BCUT2D eigenvalue weighted by atomic mass is 9.97. The summed E-state index contributed by atoms with van der Waals surface area (Å²) >= 11 is 0. The summed E-state index contributed by atoms with van der Waals surface area (Å²) in [5.41, 5.74) is 0.672. The molecule has 1 aliphatic carbocycles. The zero-order valence-electron chi connectivity index (χ0n) is 8.74. The molecule has 0 aromatic heterocycles. The van der Waals surface area contributed by atoms with Crippen molar-refractivity contribution in [2.75, 3.05) is 7.11 Å². The normalized spacial score (nSPS) is 25.5. The van der Waals surface area contributed by atoms with Crippen LogP contribution in [0.3, 0.4) is 0 Å². The van der Waals surface area contributed by atoms with Crippen LogP contribution in [0.4, 0.5) is 4.39 Å². The molecule has 1 saturated carbocycles. The van der Waals surface area contributed by atoms with Crippen LogP contribution < -0.4 is 4.74 Å². The first-order valence-electron chi connectivity index (χ1n) is 5.23. The molecule has 82 valence electrons. The molecule has 0 heterocycles. The summed E-state index contributed by atoms with van der Waals surface area (Å²) in [6, 6.07) is 5.19. The lowest BCUT2D eigenvalue weighted by Gasteiger charge is -2.12. The van der Waals surface area contributed by atoms with Crippen molar-refractivity contribution in [2.24, 2.45) is 0 Å². The molecule has 0 spiro atoms. The Morgan fingerprint density at radius 2 is 2.20 bits per heavy atom. The van der Waals surface area contributed by atoms with E-state index in [4.69, 9.17) is 4.74 Å². The Balaban J connectivity index is 2.28. The van der Waals surface area contributed by atoms with Crippen LogP contribution in [0.2, 0.25) is 0 Å². The van der Waals surface area contributed by atoms with Crippen LogP contribution in [0.15, 0.2) is 18.2 Å². The first-order chi connectivity index (χ1) is 7.22. The smallest absolute Gasteiger partial charge is 0.168 e. The van der Waals surface area contributed by atoms with E-state index < -0.39 is 0 Å². The van der Waals surface area contributed by atoms with Crippen molar-refractivity contribution >= 4 is 0 Å². The van der Waals surface area contributed by atoms with Gasteiger partial charge >= 0.3 is 0 Å². The van der Waals surface area contributed by atoms with Gasteiger partial charge in [-0.1, -0.05) is 12.1 Å². The van der Waals surface area contributed by atoms with E-state index in [9.17, 15) is 9.50 Å². The highest BCUT2D eigenvalue weighted by Crippen LogP contribution is 2.37. The molecule has 0 amide bonds. The fraction of sp³-hybridized carbons (Fsp3) is 0.500. The van der Waals surface area contributed by atoms with Gasteiger partial charge in [-0.3, -0.25) is 0 Å². The molecular weight excluding hydrogens is 195 g/mol. The van der Waals surface area contributed by atoms with Gasteiger partial charge < -0.3 is 9.84 Å².